The summed E-state index contributed by atoms with van der Waals surface area (Å²) >= 11 is 0. The molecule has 3 N–H and O–H groups in total. The van der Waals surface area contributed by atoms with Gasteiger partial charge < -0.3 is 24.8 Å². The van der Waals surface area contributed by atoms with Gasteiger partial charge in [0.1, 0.15) is 18.3 Å². The van der Waals surface area contributed by atoms with E-state index in [0.717, 1.165) is 12.8 Å². The molecule has 1 aliphatic rings. The lowest BCUT2D eigenvalue weighted by molar-refractivity contribution is -0.270. The lowest BCUT2D eigenvalue weighted by Gasteiger charge is -2.34. The Balaban J connectivity index is 1.96. The summed E-state index contributed by atoms with van der Waals surface area (Å²) < 4.78 is 10.6. The number of aliphatic hydroxyl groups excluding tert-OH is 3. The first-order chi connectivity index (χ1) is 9.66. The van der Waals surface area contributed by atoms with E-state index < -0.39 is 24.6 Å². The highest BCUT2D eigenvalue weighted by molar-refractivity contribution is 4.82. The number of hydrogen-bond acceptors (Lipinski definition) is 5. The molecule has 120 valence electrons. The van der Waals surface area contributed by atoms with Crippen molar-refractivity contribution in [3.63, 3.8) is 0 Å². The minimum Gasteiger partial charge on any atom is -0.388 e. The predicted octanol–water partition coefficient (Wildman–Crippen LogP) is 1.58. The average molecular weight is 290 g/mol. The zero-order valence-corrected chi connectivity index (χ0v) is 12.5. The van der Waals surface area contributed by atoms with Crippen LogP contribution in [0.1, 0.15) is 58.3 Å². The van der Waals surface area contributed by atoms with Gasteiger partial charge in [0, 0.05) is 6.61 Å². The van der Waals surface area contributed by atoms with E-state index in [2.05, 4.69) is 6.92 Å². The topological polar surface area (TPSA) is 79.2 Å². The minimum atomic E-state index is -1.19. The van der Waals surface area contributed by atoms with Gasteiger partial charge in [0.15, 0.2) is 6.29 Å². The van der Waals surface area contributed by atoms with Crippen LogP contribution in [0.2, 0.25) is 0 Å². The van der Waals surface area contributed by atoms with E-state index in [-0.39, 0.29) is 6.61 Å². The predicted molar refractivity (Wildman–Crippen MR) is 76.3 cm³/mol. The molecule has 5 nitrogen and oxygen atoms in total. The fourth-order valence-corrected chi connectivity index (χ4v) is 2.36. The Morgan fingerprint density at radius 2 is 1.50 bits per heavy atom. The van der Waals surface area contributed by atoms with Crippen molar-refractivity contribution < 1.29 is 24.8 Å². The second-order valence-corrected chi connectivity index (χ2v) is 5.60. The summed E-state index contributed by atoms with van der Waals surface area (Å²) in [6.07, 6.45) is 5.55. The third kappa shape index (κ3) is 6.50. The fraction of sp³-hybridized carbons (Fsp3) is 1.00. The minimum absolute atomic E-state index is 0.000319. The fourth-order valence-electron chi connectivity index (χ4n) is 2.36. The third-order valence-electron chi connectivity index (χ3n) is 3.73. The molecule has 0 bridgehead atoms. The van der Waals surface area contributed by atoms with Gasteiger partial charge in [-0.25, -0.2) is 0 Å². The molecule has 1 heterocycles. The van der Waals surface area contributed by atoms with Crippen LogP contribution >= 0.6 is 0 Å². The van der Waals surface area contributed by atoms with E-state index in [4.69, 9.17) is 9.47 Å². The quantitative estimate of drug-likeness (QED) is 0.532. The number of ether oxygens (including phenoxy) is 2. The van der Waals surface area contributed by atoms with Crippen LogP contribution in [0, 0.1) is 0 Å². The van der Waals surface area contributed by atoms with Crippen LogP contribution in [-0.4, -0.2) is 53.1 Å². The molecule has 1 rings (SSSR count). The number of aliphatic hydroxyl groups is 3. The molecule has 5 heteroatoms. The van der Waals surface area contributed by atoms with Crippen LogP contribution < -0.4 is 0 Å². The first-order valence-electron chi connectivity index (χ1n) is 7.94. The molecule has 0 unspecified atom stereocenters. The third-order valence-corrected chi connectivity index (χ3v) is 3.73. The van der Waals surface area contributed by atoms with E-state index in [1.807, 2.05) is 0 Å². The average Bonchev–Trinajstić information content (AvgIpc) is 2.45. The maximum Gasteiger partial charge on any atom is 0.186 e. The van der Waals surface area contributed by atoms with E-state index in [0.29, 0.717) is 6.61 Å². The maximum atomic E-state index is 9.67. The van der Waals surface area contributed by atoms with Crippen molar-refractivity contribution in [2.24, 2.45) is 0 Å². The smallest absolute Gasteiger partial charge is 0.186 e. The van der Waals surface area contributed by atoms with Gasteiger partial charge in [0.05, 0.1) is 6.61 Å². The van der Waals surface area contributed by atoms with Crippen LogP contribution in [0.5, 0.6) is 0 Å². The van der Waals surface area contributed by atoms with Gasteiger partial charge in [-0.05, 0) is 6.42 Å². The van der Waals surface area contributed by atoms with Gasteiger partial charge in [-0.2, -0.15) is 0 Å². The van der Waals surface area contributed by atoms with Crippen LogP contribution in [0.3, 0.4) is 0 Å². The lowest BCUT2D eigenvalue weighted by atomic mass is 10.1. The largest absolute Gasteiger partial charge is 0.388 e. The van der Waals surface area contributed by atoms with Crippen molar-refractivity contribution in [1.29, 1.82) is 0 Å². The lowest BCUT2D eigenvalue weighted by Crippen LogP contribution is -2.53. The SMILES string of the molecule is CCCCCCCCCCO[C@H]1OC[C@@H](O)[C@H](O)[C@@H]1O. The molecular formula is C15H30O5. The molecule has 20 heavy (non-hydrogen) atoms. The van der Waals surface area contributed by atoms with Crippen molar-refractivity contribution in [1.82, 2.24) is 0 Å². The molecule has 1 saturated heterocycles. The molecule has 4 atom stereocenters. The Labute approximate surface area is 121 Å². The number of unbranched alkanes of at least 4 members (excludes halogenated alkanes) is 7. The summed E-state index contributed by atoms with van der Waals surface area (Å²) in [5, 5.41) is 28.5. The summed E-state index contributed by atoms with van der Waals surface area (Å²) in [6, 6.07) is 0. The maximum absolute atomic E-state index is 9.67. The van der Waals surface area contributed by atoms with Crippen molar-refractivity contribution in [2.75, 3.05) is 13.2 Å². The van der Waals surface area contributed by atoms with E-state index in [1.54, 1.807) is 0 Å². The van der Waals surface area contributed by atoms with Crippen LogP contribution in [0.4, 0.5) is 0 Å². The molecular weight excluding hydrogens is 260 g/mol. The molecule has 0 saturated carbocycles. The van der Waals surface area contributed by atoms with E-state index >= 15 is 0 Å². The zero-order chi connectivity index (χ0) is 14.8. The van der Waals surface area contributed by atoms with Crippen molar-refractivity contribution in [3.05, 3.63) is 0 Å². The highest BCUT2D eigenvalue weighted by Crippen LogP contribution is 2.17. The Bertz CT molecular complexity index is 236. The van der Waals surface area contributed by atoms with E-state index in [1.165, 1.54) is 38.5 Å². The first-order valence-corrected chi connectivity index (χ1v) is 7.94. The Hall–Kier alpha value is -0.200. The van der Waals surface area contributed by atoms with Gasteiger partial charge >= 0.3 is 0 Å². The molecule has 0 aromatic rings. The Morgan fingerprint density at radius 3 is 2.15 bits per heavy atom. The van der Waals surface area contributed by atoms with Gasteiger partial charge in [0.25, 0.3) is 0 Å². The van der Waals surface area contributed by atoms with Crippen LogP contribution in [0.25, 0.3) is 0 Å². The summed E-state index contributed by atoms with van der Waals surface area (Å²) in [5.74, 6) is 0. The second kappa shape index (κ2) is 10.5. The second-order valence-electron chi connectivity index (χ2n) is 5.60. The highest BCUT2D eigenvalue weighted by Gasteiger charge is 2.37. The zero-order valence-electron chi connectivity index (χ0n) is 12.5. The van der Waals surface area contributed by atoms with Crippen molar-refractivity contribution >= 4 is 0 Å². The molecule has 0 aromatic heterocycles. The number of hydrogen-bond donors (Lipinski definition) is 3. The monoisotopic (exact) mass is 290 g/mol. The molecule has 1 fully saturated rings. The summed E-state index contributed by atoms with van der Waals surface area (Å²) in [7, 11) is 0. The molecule has 0 amide bonds. The van der Waals surface area contributed by atoms with Gasteiger partial charge in [-0.15, -0.1) is 0 Å². The highest BCUT2D eigenvalue weighted by atomic mass is 16.7. The first kappa shape index (κ1) is 17.9. The molecule has 0 radical (unpaired) electrons. The van der Waals surface area contributed by atoms with E-state index in [9.17, 15) is 15.3 Å². The summed E-state index contributed by atoms with van der Waals surface area (Å²) in [6.45, 7) is 2.73. The van der Waals surface area contributed by atoms with Crippen molar-refractivity contribution in [3.8, 4) is 0 Å². The molecule has 0 aliphatic carbocycles. The van der Waals surface area contributed by atoms with Crippen molar-refractivity contribution in [2.45, 2.75) is 82.9 Å². The Kier molecular flexibility index (Phi) is 9.39. The Morgan fingerprint density at radius 1 is 0.900 bits per heavy atom. The van der Waals surface area contributed by atoms with Crippen LogP contribution in [-0.2, 0) is 9.47 Å². The normalized spacial score (nSPS) is 30.6. The molecule has 0 aromatic carbocycles. The molecule has 1 aliphatic heterocycles. The standard InChI is InChI=1S/C15H30O5/c1-2-3-4-5-6-7-8-9-10-19-15-14(18)13(17)12(16)11-20-15/h12-18H,2-11H2,1H3/t12-,13+,14+,15+/m1/s1. The summed E-state index contributed by atoms with van der Waals surface area (Å²) in [4.78, 5) is 0. The van der Waals surface area contributed by atoms with Crippen LogP contribution in [0.15, 0.2) is 0 Å². The van der Waals surface area contributed by atoms with Gasteiger partial charge in [-0.3, -0.25) is 0 Å². The van der Waals surface area contributed by atoms with Gasteiger partial charge in [-0.1, -0.05) is 51.9 Å². The van der Waals surface area contributed by atoms with Gasteiger partial charge in [0.2, 0.25) is 0 Å². The number of rotatable bonds is 10. The molecule has 0 spiro atoms. The summed E-state index contributed by atoms with van der Waals surface area (Å²) in [5.41, 5.74) is 0.